The molecule has 0 aliphatic carbocycles. The second-order valence-corrected chi connectivity index (χ2v) is 12.4. The van der Waals surface area contributed by atoms with Gasteiger partial charge < -0.3 is 20.7 Å². The van der Waals surface area contributed by atoms with E-state index in [1.165, 1.54) is 6.07 Å². The molecule has 0 saturated carbocycles. The third-order valence-corrected chi connectivity index (χ3v) is 7.96. The van der Waals surface area contributed by atoms with Crippen LogP contribution in [0, 0.1) is 5.92 Å². The molecule has 11 heteroatoms. The Morgan fingerprint density at radius 1 is 0.955 bits per heavy atom. The molecule has 0 aliphatic heterocycles. The summed E-state index contributed by atoms with van der Waals surface area (Å²) in [7, 11) is -2.29. The molecule has 0 fully saturated rings. The van der Waals surface area contributed by atoms with Gasteiger partial charge in [0.15, 0.2) is 0 Å². The van der Waals surface area contributed by atoms with Crippen LogP contribution in [0.25, 0.3) is 11.1 Å². The first-order valence-corrected chi connectivity index (χ1v) is 15.8. The first-order chi connectivity index (χ1) is 20.9. The van der Waals surface area contributed by atoms with Gasteiger partial charge in [-0.15, -0.1) is 0 Å². The molecule has 0 heterocycles. The third kappa shape index (κ3) is 8.50. The molecule has 4 aromatic carbocycles. The van der Waals surface area contributed by atoms with Crippen molar-refractivity contribution in [3.05, 3.63) is 108 Å². The normalized spacial score (nSPS) is 11.7. The Bertz CT molecular complexity index is 1770. The highest BCUT2D eigenvalue weighted by Gasteiger charge is 2.17. The first kappa shape index (κ1) is 32.3. The van der Waals surface area contributed by atoms with Crippen LogP contribution in [0.3, 0.4) is 0 Å². The number of hydrogen-bond donors (Lipinski definition) is 3. The Kier molecular flexibility index (Phi) is 10.5. The van der Waals surface area contributed by atoms with Gasteiger partial charge in [0.05, 0.1) is 18.6 Å². The van der Waals surface area contributed by atoms with Crippen molar-refractivity contribution in [2.24, 2.45) is 21.8 Å². The zero-order valence-corrected chi connectivity index (χ0v) is 26.4. The second kappa shape index (κ2) is 14.3. The molecule has 4 aromatic rings. The molecule has 9 nitrogen and oxygen atoms in total. The number of primary sulfonamides is 1. The zero-order valence-electron chi connectivity index (χ0n) is 24.7. The number of carbonyl (C=O) groups is 1. The molecule has 0 bridgehead atoms. The van der Waals surface area contributed by atoms with E-state index in [2.05, 4.69) is 24.2 Å². The molecular weight excluding hydrogens is 595 g/mol. The number of amidine groups is 1. The van der Waals surface area contributed by atoms with Crippen LogP contribution in [0.1, 0.15) is 25.0 Å². The van der Waals surface area contributed by atoms with Gasteiger partial charge in [-0.1, -0.05) is 68.5 Å². The van der Waals surface area contributed by atoms with E-state index in [9.17, 15) is 13.2 Å². The number of benzene rings is 4. The maximum absolute atomic E-state index is 13.2. The van der Waals surface area contributed by atoms with Gasteiger partial charge in [0.25, 0.3) is 0 Å². The van der Waals surface area contributed by atoms with E-state index in [0.29, 0.717) is 33.9 Å². The number of rotatable bonds is 11. The van der Waals surface area contributed by atoms with Crippen molar-refractivity contribution in [2.45, 2.75) is 18.7 Å². The van der Waals surface area contributed by atoms with E-state index < -0.39 is 10.0 Å². The number of amides is 1. The van der Waals surface area contributed by atoms with Gasteiger partial charge in [0.1, 0.15) is 16.6 Å². The van der Waals surface area contributed by atoms with E-state index in [1.54, 1.807) is 49.6 Å². The van der Waals surface area contributed by atoms with Crippen molar-refractivity contribution in [3.63, 3.8) is 0 Å². The lowest BCUT2D eigenvalue weighted by molar-refractivity contribution is -0.115. The van der Waals surface area contributed by atoms with Crippen LogP contribution in [-0.4, -0.2) is 45.3 Å². The van der Waals surface area contributed by atoms with Crippen LogP contribution in [-0.2, 0) is 14.8 Å². The maximum Gasteiger partial charge on any atom is 0.243 e. The van der Waals surface area contributed by atoms with Crippen molar-refractivity contribution in [1.29, 1.82) is 0 Å². The molecule has 0 spiro atoms. The monoisotopic (exact) mass is 629 g/mol. The number of nitrogens with one attached hydrogen (secondary N) is 1. The highest BCUT2D eigenvalue weighted by Crippen LogP contribution is 2.28. The van der Waals surface area contributed by atoms with E-state index in [4.69, 9.17) is 27.8 Å². The molecule has 0 radical (unpaired) electrons. The molecule has 1 amide bonds. The first-order valence-electron chi connectivity index (χ1n) is 13.8. The molecule has 0 atom stereocenters. The SMILES string of the molecule is COc1ccc(C(=S)N=C(N)c2cccc(N(CC(=O)Nc3ccc(-c4ccccc4S(N)(=O)=O)cc3)CC(C)C)c2)cc1. The van der Waals surface area contributed by atoms with Crippen molar-refractivity contribution in [1.82, 2.24) is 0 Å². The summed E-state index contributed by atoms with van der Waals surface area (Å²) < 4.78 is 29.2. The predicted octanol–water partition coefficient (Wildman–Crippen LogP) is 5.19. The van der Waals surface area contributed by atoms with E-state index in [0.717, 1.165) is 17.0 Å². The summed E-state index contributed by atoms with van der Waals surface area (Å²) in [6, 6.07) is 28.3. The highest BCUT2D eigenvalue weighted by molar-refractivity contribution is 7.89. The summed E-state index contributed by atoms with van der Waals surface area (Å²) in [6.45, 7) is 4.88. The number of anilines is 2. The number of nitrogens with two attached hydrogens (primary N) is 2. The number of aliphatic imine (C=N–C) groups is 1. The van der Waals surface area contributed by atoms with Crippen LogP contribution in [0.5, 0.6) is 5.75 Å². The topological polar surface area (TPSA) is 140 Å². The van der Waals surface area contributed by atoms with E-state index in [-0.39, 0.29) is 29.1 Å². The largest absolute Gasteiger partial charge is 0.497 e. The molecule has 0 saturated heterocycles. The fraction of sp³-hybridized carbons (Fsp3) is 0.182. The van der Waals surface area contributed by atoms with Crippen molar-refractivity contribution in [3.8, 4) is 16.9 Å². The summed E-state index contributed by atoms with van der Waals surface area (Å²) in [5.74, 6) is 1.05. The minimum Gasteiger partial charge on any atom is -0.497 e. The minimum absolute atomic E-state index is 0.0385. The molecule has 0 unspecified atom stereocenters. The highest BCUT2D eigenvalue weighted by atomic mass is 32.2. The molecule has 44 heavy (non-hydrogen) atoms. The number of nitrogens with zero attached hydrogens (tertiary/aromatic N) is 2. The maximum atomic E-state index is 13.2. The lowest BCUT2D eigenvalue weighted by Gasteiger charge is -2.26. The fourth-order valence-electron chi connectivity index (χ4n) is 4.60. The van der Waals surface area contributed by atoms with Gasteiger partial charge in [-0.05, 0) is 66.1 Å². The Hall–Kier alpha value is -4.58. The molecule has 228 valence electrons. The lowest BCUT2D eigenvalue weighted by Crippen LogP contribution is -2.36. The summed E-state index contributed by atoms with van der Waals surface area (Å²) in [5.41, 5.74) is 10.3. The third-order valence-electron chi connectivity index (χ3n) is 6.66. The van der Waals surface area contributed by atoms with Crippen LogP contribution >= 0.6 is 12.2 Å². The zero-order chi connectivity index (χ0) is 31.9. The number of hydrogen-bond acceptors (Lipinski definition) is 6. The Morgan fingerprint density at radius 3 is 2.27 bits per heavy atom. The fourth-order valence-corrected chi connectivity index (χ4v) is 5.59. The number of methoxy groups -OCH3 is 1. The van der Waals surface area contributed by atoms with E-state index >= 15 is 0 Å². The van der Waals surface area contributed by atoms with Crippen molar-refractivity contribution >= 4 is 50.3 Å². The quantitative estimate of drug-likeness (QED) is 0.118. The van der Waals surface area contributed by atoms with Crippen molar-refractivity contribution in [2.75, 3.05) is 30.4 Å². The Morgan fingerprint density at radius 2 is 1.64 bits per heavy atom. The van der Waals surface area contributed by atoms with Gasteiger partial charge >= 0.3 is 0 Å². The van der Waals surface area contributed by atoms with Gasteiger partial charge in [0.2, 0.25) is 15.9 Å². The number of ether oxygens (including phenoxy) is 1. The minimum atomic E-state index is -3.89. The average molecular weight is 630 g/mol. The average Bonchev–Trinajstić information content (AvgIpc) is 3.00. The van der Waals surface area contributed by atoms with Crippen LogP contribution in [0.4, 0.5) is 11.4 Å². The van der Waals surface area contributed by atoms with Crippen LogP contribution in [0.2, 0.25) is 0 Å². The molecule has 0 aromatic heterocycles. The summed E-state index contributed by atoms with van der Waals surface area (Å²) in [6.07, 6.45) is 0. The Balaban J connectivity index is 1.48. The number of thiocarbonyl (C=S) groups is 1. The van der Waals surface area contributed by atoms with Gasteiger partial charge in [-0.25, -0.2) is 18.5 Å². The summed E-state index contributed by atoms with van der Waals surface area (Å²) in [4.78, 5) is 20.0. The smallest absolute Gasteiger partial charge is 0.243 e. The van der Waals surface area contributed by atoms with Gasteiger partial charge in [-0.2, -0.15) is 0 Å². The Labute approximate surface area is 263 Å². The second-order valence-electron chi connectivity index (χ2n) is 10.5. The summed E-state index contributed by atoms with van der Waals surface area (Å²) >= 11 is 5.49. The predicted molar refractivity (Wildman–Crippen MR) is 181 cm³/mol. The van der Waals surface area contributed by atoms with Gasteiger partial charge in [-0.3, -0.25) is 4.79 Å². The molecule has 4 rings (SSSR count). The number of carbonyl (C=O) groups excluding carboxylic acids is 1. The molecule has 0 aliphatic rings. The van der Waals surface area contributed by atoms with Gasteiger partial charge in [0, 0.05) is 34.6 Å². The van der Waals surface area contributed by atoms with Crippen LogP contribution < -0.4 is 25.8 Å². The van der Waals surface area contributed by atoms with Crippen LogP contribution in [0.15, 0.2) is 107 Å². The molecular formula is C33H35N5O4S2. The summed E-state index contributed by atoms with van der Waals surface area (Å²) in [5, 5.41) is 8.32. The lowest BCUT2D eigenvalue weighted by atomic mass is 10.1. The van der Waals surface area contributed by atoms with Crippen molar-refractivity contribution < 1.29 is 17.9 Å². The van der Waals surface area contributed by atoms with E-state index in [1.807, 2.05) is 53.4 Å². The molecule has 5 N–H and O–H groups in total. The number of sulfonamides is 1. The standard InChI is InChI=1S/C33H35N5O4S2/c1-22(2)20-38(27-8-6-7-25(19-27)32(34)37-33(43)24-13-17-28(42-3)18-14-24)21-31(39)36-26-15-11-23(12-16-26)29-9-4-5-10-30(29)44(35,40)41/h4-19,22H,20-21H2,1-3H3,(H,36,39)(H2,34,37,43)(H2,35,40,41).